The SMILES string of the molecule is O=C(Cc1noc2ccccc12)Nc1cccc(S(=O)(=O)NC2CC2)c1. The summed E-state index contributed by atoms with van der Waals surface area (Å²) in [5, 5.41) is 7.43. The minimum absolute atomic E-state index is 0.0266. The second kappa shape index (κ2) is 6.54. The molecule has 2 N–H and O–H groups in total. The number of benzene rings is 2. The number of nitrogens with zero attached hydrogens (tertiary/aromatic N) is 1. The second-order valence-corrected chi connectivity index (χ2v) is 7.99. The van der Waals surface area contributed by atoms with Gasteiger partial charge in [-0.15, -0.1) is 0 Å². The van der Waals surface area contributed by atoms with E-state index >= 15 is 0 Å². The lowest BCUT2D eigenvalue weighted by Gasteiger charge is -2.08. The number of hydrogen-bond donors (Lipinski definition) is 2. The van der Waals surface area contributed by atoms with Crippen LogP contribution >= 0.6 is 0 Å². The number of fused-ring (bicyclic) bond motifs is 1. The van der Waals surface area contributed by atoms with Crippen molar-refractivity contribution in [2.75, 3.05) is 5.32 Å². The fourth-order valence-electron chi connectivity index (χ4n) is 2.65. The number of para-hydroxylation sites is 1. The molecule has 0 aliphatic heterocycles. The number of nitrogens with one attached hydrogen (secondary N) is 2. The van der Waals surface area contributed by atoms with Crippen LogP contribution in [-0.4, -0.2) is 25.5 Å². The molecule has 1 saturated carbocycles. The highest BCUT2D eigenvalue weighted by atomic mass is 32.2. The van der Waals surface area contributed by atoms with Crippen LogP contribution < -0.4 is 10.0 Å². The summed E-state index contributed by atoms with van der Waals surface area (Å²) in [6.07, 6.45) is 1.76. The molecule has 26 heavy (non-hydrogen) atoms. The molecular weight excluding hydrogens is 354 g/mol. The first-order chi connectivity index (χ1) is 12.5. The van der Waals surface area contributed by atoms with E-state index in [2.05, 4.69) is 15.2 Å². The van der Waals surface area contributed by atoms with E-state index in [0.29, 0.717) is 17.0 Å². The molecule has 0 saturated heterocycles. The zero-order chi connectivity index (χ0) is 18.1. The fraction of sp³-hybridized carbons (Fsp3) is 0.222. The summed E-state index contributed by atoms with van der Waals surface area (Å²) in [6, 6.07) is 13.5. The minimum atomic E-state index is -3.56. The van der Waals surface area contributed by atoms with Gasteiger partial charge in [-0.2, -0.15) is 0 Å². The van der Waals surface area contributed by atoms with E-state index in [4.69, 9.17) is 4.52 Å². The molecule has 2 aromatic carbocycles. The second-order valence-electron chi connectivity index (χ2n) is 6.27. The van der Waals surface area contributed by atoms with Gasteiger partial charge in [0, 0.05) is 17.1 Å². The number of anilines is 1. The molecule has 4 rings (SSSR count). The first-order valence-corrected chi connectivity index (χ1v) is 9.75. The first kappa shape index (κ1) is 16.7. The van der Waals surface area contributed by atoms with Gasteiger partial charge in [0.15, 0.2) is 5.58 Å². The summed E-state index contributed by atoms with van der Waals surface area (Å²) in [5.41, 5.74) is 1.58. The minimum Gasteiger partial charge on any atom is -0.356 e. The summed E-state index contributed by atoms with van der Waals surface area (Å²) in [4.78, 5) is 12.4. The van der Waals surface area contributed by atoms with Crippen LogP contribution in [0.4, 0.5) is 5.69 Å². The van der Waals surface area contributed by atoms with E-state index in [1.54, 1.807) is 18.2 Å². The lowest BCUT2D eigenvalue weighted by Crippen LogP contribution is -2.25. The molecule has 0 unspecified atom stereocenters. The zero-order valence-corrected chi connectivity index (χ0v) is 14.6. The third-order valence-corrected chi connectivity index (χ3v) is 5.63. The quantitative estimate of drug-likeness (QED) is 0.693. The standard InChI is InChI=1S/C18H17N3O4S/c22-18(11-16-15-6-1-2-7-17(15)25-20-16)19-13-4-3-5-14(10-13)26(23,24)21-12-8-9-12/h1-7,10,12,21H,8-9,11H2,(H,19,22). The van der Waals surface area contributed by atoms with Crippen molar-refractivity contribution in [1.82, 2.24) is 9.88 Å². The van der Waals surface area contributed by atoms with E-state index in [-0.39, 0.29) is 23.3 Å². The number of amides is 1. The molecule has 8 heteroatoms. The lowest BCUT2D eigenvalue weighted by molar-refractivity contribution is -0.115. The molecule has 134 valence electrons. The van der Waals surface area contributed by atoms with Crippen LogP contribution in [0.25, 0.3) is 11.0 Å². The molecule has 1 heterocycles. The Morgan fingerprint density at radius 3 is 2.77 bits per heavy atom. The number of carbonyl (C=O) groups is 1. The lowest BCUT2D eigenvalue weighted by atomic mass is 10.1. The maximum absolute atomic E-state index is 12.3. The number of sulfonamides is 1. The van der Waals surface area contributed by atoms with Crippen LogP contribution in [0.3, 0.4) is 0 Å². The summed E-state index contributed by atoms with van der Waals surface area (Å²) in [5.74, 6) is -0.297. The maximum atomic E-state index is 12.3. The Morgan fingerprint density at radius 2 is 1.96 bits per heavy atom. The fourth-order valence-corrected chi connectivity index (χ4v) is 4.00. The van der Waals surface area contributed by atoms with Gasteiger partial charge < -0.3 is 9.84 Å². The van der Waals surface area contributed by atoms with Crippen LogP contribution in [-0.2, 0) is 21.2 Å². The van der Waals surface area contributed by atoms with E-state index in [0.717, 1.165) is 18.2 Å². The van der Waals surface area contributed by atoms with E-state index < -0.39 is 10.0 Å². The van der Waals surface area contributed by atoms with Crippen molar-refractivity contribution in [2.24, 2.45) is 0 Å². The summed E-state index contributed by atoms with van der Waals surface area (Å²) in [6.45, 7) is 0. The van der Waals surface area contributed by atoms with Crippen molar-refractivity contribution < 1.29 is 17.7 Å². The van der Waals surface area contributed by atoms with Gasteiger partial charge in [0.05, 0.1) is 11.3 Å². The zero-order valence-electron chi connectivity index (χ0n) is 13.8. The van der Waals surface area contributed by atoms with Crippen LogP contribution in [0.1, 0.15) is 18.5 Å². The Balaban J connectivity index is 1.48. The summed E-state index contributed by atoms with van der Waals surface area (Å²) in [7, 11) is -3.56. The molecule has 1 aliphatic rings. The molecule has 1 fully saturated rings. The average molecular weight is 371 g/mol. The third-order valence-electron chi connectivity index (χ3n) is 4.11. The van der Waals surface area contributed by atoms with Gasteiger partial charge in [0.1, 0.15) is 5.69 Å². The van der Waals surface area contributed by atoms with Crippen molar-refractivity contribution in [3.05, 3.63) is 54.2 Å². The highest BCUT2D eigenvalue weighted by Crippen LogP contribution is 2.23. The monoisotopic (exact) mass is 371 g/mol. The van der Waals surface area contributed by atoms with Crippen molar-refractivity contribution in [2.45, 2.75) is 30.2 Å². The number of hydrogen-bond acceptors (Lipinski definition) is 5. The predicted octanol–water partition coefficient (Wildman–Crippen LogP) is 2.45. The largest absolute Gasteiger partial charge is 0.356 e. The van der Waals surface area contributed by atoms with E-state index in [9.17, 15) is 13.2 Å². The molecule has 0 atom stereocenters. The highest BCUT2D eigenvalue weighted by Gasteiger charge is 2.28. The Morgan fingerprint density at radius 1 is 1.15 bits per heavy atom. The van der Waals surface area contributed by atoms with Gasteiger partial charge in [0.25, 0.3) is 0 Å². The first-order valence-electron chi connectivity index (χ1n) is 8.27. The Bertz CT molecular complexity index is 1070. The van der Waals surface area contributed by atoms with Crippen molar-refractivity contribution in [3.63, 3.8) is 0 Å². The topological polar surface area (TPSA) is 101 Å². The van der Waals surface area contributed by atoms with E-state index in [1.165, 1.54) is 12.1 Å². The number of aromatic nitrogens is 1. The molecule has 1 aliphatic carbocycles. The highest BCUT2D eigenvalue weighted by molar-refractivity contribution is 7.89. The Labute approximate surface area is 150 Å². The summed E-state index contributed by atoms with van der Waals surface area (Å²) < 4.78 is 32.4. The number of carbonyl (C=O) groups excluding carboxylic acids is 1. The molecular formula is C18H17N3O4S. The molecule has 0 radical (unpaired) electrons. The molecule has 3 aromatic rings. The van der Waals surface area contributed by atoms with Crippen LogP contribution in [0, 0.1) is 0 Å². The molecule has 1 amide bonds. The third kappa shape index (κ3) is 3.61. The van der Waals surface area contributed by atoms with Crippen molar-refractivity contribution in [3.8, 4) is 0 Å². The predicted molar refractivity (Wildman–Crippen MR) is 96.1 cm³/mol. The van der Waals surface area contributed by atoms with Gasteiger partial charge in [-0.25, -0.2) is 13.1 Å². The van der Waals surface area contributed by atoms with Gasteiger partial charge >= 0.3 is 0 Å². The maximum Gasteiger partial charge on any atom is 0.240 e. The van der Waals surface area contributed by atoms with Gasteiger partial charge in [-0.1, -0.05) is 23.4 Å². The normalized spacial score (nSPS) is 14.5. The van der Waals surface area contributed by atoms with Crippen LogP contribution in [0.5, 0.6) is 0 Å². The molecule has 0 bridgehead atoms. The molecule has 1 aromatic heterocycles. The molecule has 7 nitrogen and oxygen atoms in total. The van der Waals surface area contributed by atoms with E-state index in [1.807, 2.05) is 18.2 Å². The number of rotatable bonds is 6. The van der Waals surface area contributed by atoms with Crippen molar-refractivity contribution >= 4 is 32.6 Å². The Hall–Kier alpha value is -2.71. The molecule has 0 spiro atoms. The van der Waals surface area contributed by atoms with Gasteiger partial charge in [0.2, 0.25) is 15.9 Å². The Kier molecular flexibility index (Phi) is 4.21. The van der Waals surface area contributed by atoms with Gasteiger partial charge in [-0.05, 0) is 43.2 Å². The summed E-state index contributed by atoms with van der Waals surface area (Å²) >= 11 is 0. The average Bonchev–Trinajstić information content (AvgIpc) is 3.33. The van der Waals surface area contributed by atoms with Crippen LogP contribution in [0.2, 0.25) is 0 Å². The van der Waals surface area contributed by atoms with Gasteiger partial charge in [-0.3, -0.25) is 4.79 Å². The van der Waals surface area contributed by atoms with Crippen LogP contribution in [0.15, 0.2) is 57.9 Å². The van der Waals surface area contributed by atoms with Crippen molar-refractivity contribution in [1.29, 1.82) is 0 Å². The smallest absolute Gasteiger partial charge is 0.240 e.